The number of amidine groups is 1. The summed E-state index contributed by atoms with van der Waals surface area (Å²) in [5.41, 5.74) is 11.7. The number of nitrogens with zero attached hydrogens (tertiary/aromatic N) is 3. The Balaban J connectivity index is 1.11. The third-order valence-electron chi connectivity index (χ3n) is 11.0. The van der Waals surface area contributed by atoms with Crippen molar-refractivity contribution in [3.8, 4) is 11.4 Å². The molecule has 1 aliphatic heterocycles. The van der Waals surface area contributed by atoms with Crippen LogP contribution < -0.4 is 5.32 Å². The van der Waals surface area contributed by atoms with E-state index in [-0.39, 0.29) is 6.04 Å². The van der Waals surface area contributed by atoms with Gasteiger partial charge >= 0.3 is 0 Å². The molecule has 1 unspecified atom stereocenters. The highest BCUT2D eigenvalue weighted by atomic mass is 15.1. The quantitative estimate of drug-likeness (QED) is 0.199. The number of nitrogens with one attached hydrogen (secondary N) is 1. The van der Waals surface area contributed by atoms with Crippen molar-refractivity contribution in [3.05, 3.63) is 187 Å². The molecule has 4 heteroatoms. The molecule has 7 aromatic carbocycles. The molecule has 0 fully saturated rings. The van der Waals surface area contributed by atoms with Crippen LogP contribution in [0.25, 0.3) is 65.8 Å². The topological polar surface area (TPSA) is 34.2 Å². The Morgan fingerprint density at radius 3 is 2.13 bits per heavy atom. The van der Waals surface area contributed by atoms with Gasteiger partial charge in [-0.05, 0) is 95.9 Å². The lowest BCUT2D eigenvalue weighted by Crippen LogP contribution is -2.33. The van der Waals surface area contributed by atoms with Crippen LogP contribution >= 0.6 is 0 Å². The molecule has 11 rings (SSSR count). The van der Waals surface area contributed by atoms with Crippen molar-refractivity contribution in [3.63, 3.8) is 0 Å². The molecule has 1 atom stereocenters. The number of hydrogen-bond acceptors (Lipinski definition) is 2. The maximum atomic E-state index is 5.11. The average molecular weight is 667 g/mol. The van der Waals surface area contributed by atoms with Crippen LogP contribution in [-0.2, 0) is 0 Å². The zero-order chi connectivity index (χ0) is 34.2. The maximum Gasteiger partial charge on any atom is 0.134 e. The van der Waals surface area contributed by atoms with Crippen molar-refractivity contribution in [1.82, 2.24) is 14.5 Å². The molecule has 0 spiro atoms. The van der Waals surface area contributed by atoms with Crippen LogP contribution in [0.5, 0.6) is 0 Å². The standard InChI is InChI=1S/C48H34N4/c1-3-14-32(15-4-1)47-38-20-9-11-21-41(38)49-48(50-47)33-23-26-35(27-24-33)51-42-22-12-10-19-37(42)39-29-40-45(30-44(39)51)52(34-16-5-2-6-17-34)43-28-25-31-13-7-8-18-36(31)46(40)43/h2-3,5-30,47H,1,4H2,(H,49,50). The zero-order valence-electron chi connectivity index (χ0n) is 28.5. The number of rotatable bonds is 4. The molecule has 2 aromatic heterocycles. The Bertz CT molecular complexity index is 2970. The highest BCUT2D eigenvalue weighted by Crippen LogP contribution is 2.42. The van der Waals surface area contributed by atoms with Gasteiger partial charge in [-0.25, -0.2) is 4.99 Å². The molecule has 2 aliphatic rings. The number of para-hydroxylation sites is 3. The van der Waals surface area contributed by atoms with Gasteiger partial charge in [-0.15, -0.1) is 0 Å². The van der Waals surface area contributed by atoms with E-state index in [0.717, 1.165) is 41.3 Å². The van der Waals surface area contributed by atoms with Gasteiger partial charge in [0.2, 0.25) is 0 Å². The van der Waals surface area contributed by atoms with Gasteiger partial charge in [0.15, 0.2) is 0 Å². The second kappa shape index (κ2) is 11.4. The number of hydrogen-bond donors (Lipinski definition) is 1. The van der Waals surface area contributed by atoms with Gasteiger partial charge in [0.05, 0.1) is 33.8 Å². The first kappa shape index (κ1) is 29.1. The van der Waals surface area contributed by atoms with E-state index < -0.39 is 0 Å². The molecule has 0 bridgehead atoms. The summed E-state index contributed by atoms with van der Waals surface area (Å²) in [6.45, 7) is 0. The van der Waals surface area contributed by atoms with E-state index in [0.29, 0.717) is 0 Å². The summed E-state index contributed by atoms with van der Waals surface area (Å²) in [7, 11) is 0. The van der Waals surface area contributed by atoms with Crippen molar-refractivity contribution in [1.29, 1.82) is 0 Å². The highest BCUT2D eigenvalue weighted by Gasteiger charge is 2.25. The van der Waals surface area contributed by atoms with E-state index in [4.69, 9.17) is 4.99 Å². The second-order valence-corrected chi connectivity index (χ2v) is 13.9. The third-order valence-corrected chi connectivity index (χ3v) is 11.0. The fourth-order valence-corrected chi connectivity index (χ4v) is 8.61. The van der Waals surface area contributed by atoms with Crippen molar-refractivity contribution < 1.29 is 0 Å². The van der Waals surface area contributed by atoms with Gasteiger partial charge in [-0.1, -0.05) is 103 Å². The maximum absolute atomic E-state index is 5.11. The minimum absolute atomic E-state index is 0.0770. The molecule has 0 amide bonds. The van der Waals surface area contributed by atoms with E-state index in [9.17, 15) is 0 Å². The van der Waals surface area contributed by atoms with Crippen LogP contribution in [0.3, 0.4) is 0 Å². The predicted molar refractivity (Wildman–Crippen MR) is 218 cm³/mol. The van der Waals surface area contributed by atoms with E-state index in [2.05, 4.69) is 184 Å². The van der Waals surface area contributed by atoms with Crippen LogP contribution in [0, 0.1) is 0 Å². The van der Waals surface area contributed by atoms with E-state index in [1.165, 1.54) is 65.5 Å². The van der Waals surface area contributed by atoms with Gasteiger partial charge < -0.3 is 14.5 Å². The number of aromatic nitrogens is 2. The molecule has 0 saturated carbocycles. The lowest BCUT2D eigenvalue weighted by molar-refractivity contribution is 0.737. The Labute approximate surface area is 301 Å². The van der Waals surface area contributed by atoms with E-state index >= 15 is 0 Å². The number of allylic oxidation sites excluding steroid dienone is 2. The molecule has 246 valence electrons. The lowest BCUT2D eigenvalue weighted by atomic mass is 9.91. The first-order valence-electron chi connectivity index (χ1n) is 18.2. The van der Waals surface area contributed by atoms with Gasteiger partial charge in [-0.2, -0.15) is 0 Å². The molecule has 4 nitrogen and oxygen atoms in total. The van der Waals surface area contributed by atoms with Crippen LogP contribution in [0.2, 0.25) is 0 Å². The summed E-state index contributed by atoms with van der Waals surface area (Å²) < 4.78 is 4.85. The highest BCUT2D eigenvalue weighted by molar-refractivity contribution is 6.25. The first-order chi connectivity index (χ1) is 25.8. The van der Waals surface area contributed by atoms with Gasteiger partial charge in [0.25, 0.3) is 0 Å². The van der Waals surface area contributed by atoms with Gasteiger partial charge in [0.1, 0.15) is 5.84 Å². The van der Waals surface area contributed by atoms with Gasteiger partial charge in [-0.3, -0.25) is 0 Å². The zero-order valence-corrected chi connectivity index (χ0v) is 28.5. The predicted octanol–water partition coefficient (Wildman–Crippen LogP) is 12.0. The largest absolute Gasteiger partial charge is 0.359 e. The lowest BCUT2D eigenvalue weighted by Gasteiger charge is -2.29. The SMILES string of the molecule is C1=CC(C2NC(c3ccc(-n4c5ccccc5c5cc6c7c8ccccc8ccc7n(-c7ccccc7)c6cc54)cc3)=Nc3ccccc32)=CCC1. The summed E-state index contributed by atoms with van der Waals surface area (Å²) in [4.78, 5) is 5.11. The van der Waals surface area contributed by atoms with Crippen LogP contribution in [-0.4, -0.2) is 15.0 Å². The van der Waals surface area contributed by atoms with Crippen molar-refractivity contribution >= 4 is 65.9 Å². The molecule has 9 aromatic rings. The number of fused-ring (bicyclic) bond motifs is 9. The fraction of sp³-hybridized carbons (Fsp3) is 0.0625. The molecule has 1 aliphatic carbocycles. The van der Waals surface area contributed by atoms with Crippen molar-refractivity contribution in [2.75, 3.05) is 0 Å². The molecular formula is C48H34N4. The molecule has 1 N–H and O–H groups in total. The molecule has 0 saturated heterocycles. The summed E-state index contributed by atoms with van der Waals surface area (Å²) >= 11 is 0. The Morgan fingerprint density at radius 1 is 0.538 bits per heavy atom. The van der Waals surface area contributed by atoms with Crippen LogP contribution in [0.1, 0.15) is 30.0 Å². The molecular weight excluding hydrogens is 633 g/mol. The smallest absolute Gasteiger partial charge is 0.134 e. The van der Waals surface area contributed by atoms with Crippen LogP contribution in [0.15, 0.2) is 180 Å². The number of benzene rings is 7. The summed E-state index contributed by atoms with van der Waals surface area (Å²) in [6.07, 6.45) is 9.07. The fourth-order valence-electron chi connectivity index (χ4n) is 8.61. The minimum Gasteiger partial charge on any atom is -0.359 e. The number of aliphatic imine (C=N–C) groups is 1. The summed E-state index contributed by atoms with van der Waals surface area (Å²) in [5.74, 6) is 0.902. The first-order valence-corrected chi connectivity index (χ1v) is 18.2. The third kappa shape index (κ3) is 4.37. The van der Waals surface area contributed by atoms with E-state index in [1.54, 1.807) is 0 Å². The second-order valence-electron chi connectivity index (χ2n) is 13.9. The Morgan fingerprint density at radius 2 is 1.27 bits per heavy atom. The van der Waals surface area contributed by atoms with E-state index in [1.807, 2.05) is 0 Å². The summed E-state index contributed by atoms with van der Waals surface area (Å²) in [6, 6.07) is 55.2. The molecule has 52 heavy (non-hydrogen) atoms. The summed E-state index contributed by atoms with van der Waals surface area (Å²) in [5, 5.41) is 11.4. The molecule has 3 heterocycles. The normalized spacial score (nSPS) is 15.7. The van der Waals surface area contributed by atoms with Crippen molar-refractivity contribution in [2.24, 2.45) is 4.99 Å². The minimum atomic E-state index is 0.0770. The molecule has 0 radical (unpaired) electrons. The Kier molecular flexibility index (Phi) is 6.41. The monoisotopic (exact) mass is 666 g/mol. The average Bonchev–Trinajstić information content (AvgIpc) is 3.72. The van der Waals surface area contributed by atoms with Crippen LogP contribution in [0.4, 0.5) is 5.69 Å². The van der Waals surface area contributed by atoms with Crippen molar-refractivity contribution in [2.45, 2.75) is 18.9 Å². The van der Waals surface area contributed by atoms with Gasteiger partial charge in [0, 0.05) is 44.0 Å². The Hall–Kier alpha value is -6.65.